The molecule has 0 aromatic carbocycles. The zero-order chi connectivity index (χ0) is 27.0. The molecule has 0 saturated heterocycles. The lowest BCUT2D eigenvalue weighted by molar-refractivity contribution is -0.155. The molecule has 9 nitrogen and oxygen atoms in total. The van der Waals surface area contributed by atoms with Gasteiger partial charge in [-0.05, 0) is 51.3 Å². The van der Waals surface area contributed by atoms with E-state index in [0.717, 1.165) is 25.3 Å². The third-order valence-corrected chi connectivity index (χ3v) is 5.64. The first-order chi connectivity index (χ1) is 17.6. The van der Waals surface area contributed by atoms with E-state index in [1.54, 1.807) is 41.6 Å². The Morgan fingerprint density at radius 3 is 2.70 bits per heavy atom. The molecule has 0 saturated carbocycles. The molecular formula is C27H34FN7O2. The number of nitrogens with one attached hydrogen (secondary N) is 2. The Balaban J connectivity index is 1.84. The van der Waals surface area contributed by atoms with Crippen molar-refractivity contribution in [2.75, 3.05) is 10.6 Å². The highest BCUT2D eigenvalue weighted by molar-refractivity contribution is 5.70. The lowest BCUT2D eigenvalue weighted by Crippen LogP contribution is -2.32. The van der Waals surface area contributed by atoms with E-state index in [0.29, 0.717) is 11.4 Å². The van der Waals surface area contributed by atoms with Gasteiger partial charge in [-0.3, -0.25) is 9.78 Å². The highest BCUT2D eigenvalue weighted by atomic mass is 19.1. The number of aromatic nitrogens is 4. The van der Waals surface area contributed by atoms with Crippen molar-refractivity contribution in [3.8, 4) is 11.8 Å². The molecule has 3 rings (SSSR count). The molecule has 196 valence electrons. The first-order valence-corrected chi connectivity index (χ1v) is 12.4. The summed E-state index contributed by atoms with van der Waals surface area (Å²) >= 11 is 0. The molecule has 0 spiro atoms. The van der Waals surface area contributed by atoms with Crippen LogP contribution in [0.3, 0.4) is 0 Å². The minimum Gasteiger partial charge on any atom is -0.460 e. The Labute approximate surface area is 217 Å². The van der Waals surface area contributed by atoms with E-state index in [9.17, 15) is 10.1 Å². The van der Waals surface area contributed by atoms with E-state index in [-0.39, 0.29) is 41.5 Å². The van der Waals surface area contributed by atoms with Crippen molar-refractivity contribution in [2.45, 2.75) is 71.9 Å². The maximum absolute atomic E-state index is 15.0. The minimum absolute atomic E-state index is 0.00910. The van der Waals surface area contributed by atoms with Crippen LogP contribution in [0.2, 0.25) is 0 Å². The van der Waals surface area contributed by atoms with Crippen molar-refractivity contribution in [3.05, 3.63) is 54.4 Å². The van der Waals surface area contributed by atoms with Gasteiger partial charge in [0.15, 0.2) is 17.5 Å². The average Bonchev–Trinajstić information content (AvgIpc) is 3.37. The molecule has 3 heterocycles. The fraction of sp³-hybridized carbons (Fsp3) is 0.444. The second-order valence-electron chi connectivity index (χ2n) is 10.00. The van der Waals surface area contributed by atoms with Crippen LogP contribution in [0.15, 0.2) is 43.0 Å². The Morgan fingerprint density at radius 2 is 2.05 bits per heavy atom. The van der Waals surface area contributed by atoms with Crippen molar-refractivity contribution >= 4 is 23.3 Å². The van der Waals surface area contributed by atoms with Crippen LogP contribution >= 0.6 is 0 Å². The summed E-state index contributed by atoms with van der Waals surface area (Å²) in [7, 11) is 0. The zero-order valence-corrected chi connectivity index (χ0v) is 22.0. The highest BCUT2D eigenvalue weighted by Crippen LogP contribution is 2.27. The van der Waals surface area contributed by atoms with Crippen LogP contribution in [-0.4, -0.2) is 37.4 Å². The van der Waals surface area contributed by atoms with Crippen molar-refractivity contribution in [1.29, 1.82) is 5.26 Å². The Morgan fingerprint density at radius 1 is 1.27 bits per heavy atom. The van der Waals surface area contributed by atoms with Crippen LogP contribution in [0.4, 0.5) is 21.7 Å². The Bertz CT molecular complexity index is 1230. The molecule has 3 aromatic heterocycles. The molecule has 0 radical (unpaired) electrons. The number of hydrogen-bond donors (Lipinski definition) is 2. The van der Waals surface area contributed by atoms with Crippen molar-refractivity contribution in [1.82, 2.24) is 19.7 Å². The molecule has 37 heavy (non-hydrogen) atoms. The van der Waals surface area contributed by atoms with Gasteiger partial charge >= 0.3 is 5.97 Å². The summed E-state index contributed by atoms with van der Waals surface area (Å²) in [6.45, 7) is 9.49. The van der Waals surface area contributed by atoms with Crippen molar-refractivity contribution in [3.63, 3.8) is 0 Å². The van der Waals surface area contributed by atoms with Gasteiger partial charge in [-0.2, -0.15) is 10.4 Å². The molecule has 2 N–H and O–H groups in total. The van der Waals surface area contributed by atoms with Gasteiger partial charge in [-0.1, -0.05) is 26.7 Å². The third kappa shape index (κ3) is 8.00. The van der Waals surface area contributed by atoms with Gasteiger partial charge in [0.05, 0.1) is 35.8 Å². The smallest absolute Gasteiger partial charge is 0.306 e. The fourth-order valence-corrected chi connectivity index (χ4v) is 3.84. The maximum atomic E-state index is 15.0. The minimum atomic E-state index is -0.642. The number of esters is 1. The first kappa shape index (κ1) is 27.6. The maximum Gasteiger partial charge on any atom is 0.306 e. The van der Waals surface area contributed by atoms with Crippen LogP contribution in [-0.2, 0) is 9.53 Å². The van der Waals surface area contributed by atoms with Crippen molar-refractivity contribution < 1.29 is 13.9 Å². The van der Waals surface area contributed by atoms with Crippen molar-refractivity contribution in [2.24, 2.45) is 5.92 Å². The molecule has 0 bridgehead atoms. The quantitative estimate of drug-likeness (QED) is 0.315. The van der Waals surface area contributed by atoms with Gasteiger partial charge in [-0.15, -0.1) is 0 Å². The number of rotatable bonds is 11. The van der Waals surface area contributed by atoms with Crippen LogP contribution in [0.25, 0.3) is 5.69 Å². The number of carbonyl (C=O) groups excluding carboxylic acids is 1. The second-order valence-corrected chi connectivity index (χ2v) is 10.00. The molecular weight excluding hydrogens is 473 g/mol. The fourth-order valence-electron chi connectivity index (χ4n) is 3.84. The van der Waals surface area contributed by atoms with Gasteiger partial charge < -0.3 is 15.4 Å². The number of halogens is 1. The third-order valence-electron chi connectivity index (χ3n) is 5.64. The number of carbonyl (C=O) groups is 1. The number of nitrogens with zero attached hydrogens (tertiary/aromatic N) is 5. The number of pyridine rings is 2. The molecule has 3 aromatic rings. The highest BCUT2D eigenvalue weighted by Gasteiger charge is 2.25. The summed E-state index contributed by atoms with van der Waals surface area (Å²) in [4.78, 5) is 21.1. The van der Waals surface area contributed by atoms with Crippen LogP contribution < -0.4 is 10.6 Å². The van der Waals surface area contributed by atoms with Gasteiger partial charge in [0, 0.05) is 18.4 Å². The molecule has 2 atom stereocenters. The number of unbranched alkanes of at least 4 members (excludes halogenated alkanes) is 1. The van der Waals surface area contributed by atoms with E-state index in [4.69, 9.17) is 4.74 Å². The van der Waals surface area contributed by atoms with Gasteiger partial charge in [0.1, 0.15) is 11.7 Å². The van der Waals surface area contributed by atoms with E-state index >= 15 is 4.39 Å². The SMILES string of the molecule is CCCC[C@@H](Nc1nc(Nc2cncc(-n3cccn3)c2)c(C#N)cc1F)[C@H](C)CC(=O)OC(C)(C)C. The summed E-state index contributed by atoms with van der Waals surface area (Å²) in [5.74, 6) is -0.876. The summed E-state index contributed by atoms with van der Waals surface area (Å²) in [5, 5.41) is 20.1. The average molecular weight is 508 g/mol. The Hall–Kier alpha value is -4.00. The van der Waals surface area contributed by atoms with Crippen LogP contribution in [0.1, 0.15) is 65.9 Å². The monoisotopic (exact) mass is 507 g/mol. The zero-order valence-electron chi connectivity index (χ0n) is 22.0. The predicted octanol–water partition coefficient (Wildman–Crippen LogP) is 5.76. The Kier molecular flexibility index (Phi) is 9.17. The second kappa shape index (κ2) is 12.3. The lowest BCUT2D eigenvalue weighted by Gasteiger charge is -2.27. The molecule has 0 unspecified atom stereocenters. The number of hydrogen-bond acceptors (Lipinski definition) is 8. The molecule has 0 aliphatic carbocycles. The normalized spacial score (nSPS) is 12.9. The van der Waals surface area contributed by atoms with Gasteiger partial charge in [-0.25, -0.2) is 14.1 Å². The topological polar surface area (TPSA) is 118 Å². The number of anilines is 3. The molecule has 0 aliphatic rings. The molecule has 0 amide bonds. The summed E-state index contributed by atoms with van der Waals surface area (Å²) < 4.78 is 22.1. The molecule has 0 fully saturated rings. The largest absolute Gasteiger partial charge is 0.460 e. The van der Waals surface area contributed by atoms with Gasteiger partial charge in [0.2, 0.25) is 0 Å². The standard InChI is InChI=1S/C27H34FN7O2/c1-6-7-9-23(18(2)12-24(36)37-27(3,4)5)33-26-22(28)13-19(15-29)25(34-26)32-20-14-21(17-30-16-20)35-11-8-10-31-35/h8,10-11,13-14,16-18,23H,6-7,9,12H2,1-5H3,(H2,32,33,34)/t18-,23-/m1/s1. The number of ether oxygens (including phenoxy) is 1. The van der Waals surface area contributed by atoms with E-state index in [1.807, 2.05) is 33.8 Å². The van der Waals surface area contributed by atoms with Gasteiger partial charge in [0.25, 0.3) is 0 Å². The van der Waals surface area contributed by atoms with E-state index in [1.165, 1.54) is 0 Å². The predicted molar refractivity (Wildman–Crippen MR) is 140 cm³/mol. The summed E-state index contributed by atoms with van der Waals surface area (Å²) in [5.41, 5.74) is 0.757. The molecule has 0 aliphatic heterocycles. The summed E-state index contributed by atoms with van der Waals surface area (Å²) in [6.07, 6.45) is 9.44. The van der Waals surface area contributed by atoms with Crippen LogP contribution in [0, 0.1) is 23.1 Å². The first-order valence-electron chi connectivity index (χ1n) is 12.4. The number of nitriles is 1. The molecule has 10 heteroatoms. The van der Waals surface area contributed by atoms with E-state index < -0.39 is 11.4 Å². The van der Waals surface area contributed by atoms with E-state index in [2.05, 4.69) is 32.6 Å². The van der Waals surface area contributed by atoms with Crippen LogP contribution in [0.5, 0.6) is 0 Å². The lowest BCUT2D eigenvalue weighted by atomic mass is 9.93. The summed E-state index contributed by atoms with van der Waals surface area (Å²) in [6, 6.07) is 6.52.